The number of carbonyl (C=O) groups is 1. The van der Waals surface area contributed by atoms with E-state index in [1.807, 2.05) is 13.1 Å². The number of fused-ring (bicyclic) bond motifs is 1. The van der Waals surface area contributed by atoms with Crippen LogP contribution < -0.4 is 15.4 Å². The molecule has 7 heteroatoms. The SMILES string of the molecule is C=CC[C@H](NC(=O)COCC)[C@H](O)CN[C@H]1CC2(CCC2)Oc2ncc(CC(C)(C)C)cc21. The quantitative estimate of drug-likeness (QED) is 0.439. The first kappa shape index (κ1) is 25.7. The number of rotatable bonds is 11. The van der Waals surface area contributed by atoms with Crippen molar-refractivity contribution in [3.8, 4) is 5.88 Å². The van der Waals surface area contributed by atoms with Crippen LogP contribution in [-0.2, 0) is 16.0 Å². The Balaban J connectivity index is 1.71. The van der Waals surface area contributed by atoms with Crippen molar-refractivity contribution >= 4 is 5.91 Å². The van der Waals surface area contributed by atoms with Crippen molar-refractivity contribution in [2.75, 3.05) is 19.8 Å². The predicted octanol–water partition coefficient (Wildman–Crippen LogP) is 3.46. The van der Waals surface area contributed by atoms with Crippen LogP contribution in [0, 0.1) is 5.41 Å². The van der Waals surface area contributed by atoms with Crippen LogP contribution in [0.1, 0.15) is 77.0 Å². The molecule has 0 saturated heterocycles. The summed E-state index contributed by atoms with van der Waals surface area (Å²) in [5.41, 5.74) is 2.26. The van der Waals surface area contributed by atoms with E-state index < -0.39 is 12.1 Å². The Morgan fingerprint density at radius 2 is 2.21 bits per heavy atom. The van der Waals surface area contributed by atoms with Gasteiger partial charge in [-0.1, -0.05) is 26.8 Å². The van der Waals surface area contributed by atoms with Gasteiger partial charge in [0.15, 0.2) is 0 Å². The zero-order valence-corrected chi connectivity index (χ0v) is 20.7. The minimum Gasteiger partial charge on any atom is -0.471 e. The van der Waals surface area contributed by atoms with E-state index in [1.54, 1.807) is 6.08 Å². The van der Waals surface area contributed by atoms with Crippen molar-refractivity contribution < 1.29 is 19.4 Å². The van der Waals surface area contributed by atoms with E-state index in [1.165, 1.54) is 12.0 Å². The summed E-state index contributed by atoms with van der Waals surface area (Å²) in [5, 5.41) is 17.3. The first-order valence-corrected chi connectivity index (χ1v) is 12.2. The van der Waals surface area contributed by atoms with Gasteiger partial charge < -0.3 is 25.2 Å². The van der Waals surface area contributed by atoms with Gasteiger partial charge in [0.1, 0.15) is 12.2 Å². The van der Waals surface area contributed by atoms with Crippen LogP contribution in [-0.4, -0.2) is 53.5 Å². The lowest BCUT2D eigenvalue weighted by atomic mass is 9.73. The average Bonchev–Trinajstić information content (AvgIpc) is 2.73. The summed E-state index contributed by atoms with van der Waals surface area (Å²) in [6, 6.07) is 1.82. The molecule has 2 heterocycles. The van der Waals surface area contributed by atoms with Crippen molar-refractivity contribution in [2.45, 2.75) is 90.0 Å². The Kier molecular flexibility index (Phi) is 8.54. The highest BCUT2D eigenvalue weighted by Gasteiger charge is 2.46. The van der Waals surface area contributed by atoms with Crippen LogP contribution in [0.15, 0.2) is 24.9 Å². The zero-order valence-electron chi connectivity index (χ0n) is 20.7. The second kappa shape index (κ2) is 11.0. The molecule has 1 fully saturated rings. The molecule has 1 spiro atoms. The summed E-state index contributed by atoms with van der Waals surface area (Å²) in [5.74, 6) is 0.474. The minimum atomic E-state index is -0.761. The Morgan fingerprint density at radius 3 is 2.82 bits per heavy atom. The van der Waals surface area contributed by atoms with Gasteiger partial charge in [-0.3, -0.25) is 4.79 Å². The molecule has 3 atom stereocenters. The lowest BCUT2D eigenvalue weighted by molar-refractivity contribution is -0.127. The van der Waals surface area contributed by atoms with Crippen molar-refractivity contribution in [1.82, 2.24) is 15.6 Å². The first-order chi connectivity index (χ1) is 15.6. The van der Waals surface area contributed by atoms with Gasteiger partial charge in [-0.2, -0.15) is 0 Å². The van der Waals surface area contributed by atoms with Crippen molar-refractivity contribution in [3.05, 3.63) is 36.0 Å². The van der Waals surface area contributed by atoms with E-state index in [0.29, 0.717) is 25.5 Å². The lowest BCUT2D eigenvalue weighted by Gasteiger charge is -2.47. The maximum atomic E-state index is 12.1. The number of aromatic nitrogens is 1. The molecule has 2 aliphatic rings. The van der Waals surface area contributed by atoms with Gasteiger partial charge in [-0.15, -0.1) is 6.58 Å². The summed E-state index contributed by atoms with van der Waals surface area (Å²) in [4.78, 5) is 16.8. The fraction of sp³-hybridized carbons (Fsp3) is 0.692. The first-order valence-electron chi connectivity index (χ1n) is 12.2. The highest BCUT2D eigenvalue weighted by atomic mass is 16.5. The summed E-state index contributed by atoms with van der Waals surface area (Å²) < 4.78 is 11.5. The van der Waals surface area contributed by atoms with E-state index in [-0.39, 0.29) is 29.6 Å². The standard InChI is InChI=1S/C26H41N3O4/c1-6-9-20(29-23(31)17-32-7-2)22(30)16-27-21-14-26(10-8-11-26)33-24-19(21)12-18(15-28-24)13-25(3,4)5/h6,12,15,20-22,27,30H,1,7-11,13-14,16-17H2,2-5H3,(H,29,31)/t20-,21-,22+/m0/s1. The van der Waals surface area contributed by atoms with E-state index >= 15 is 0 Å². The predicted molar refractivity (Wildman–Crippen MR) is 129 cm³/mol. The van der Waals surface area contributed by atoms with Gasteiger partial charge in [0.05, 0.1) is 12.1 Å². The van der Waals surface area contributed by atoms with Gasteiger partial charge in [0.2, 0.25) is 11.8 Å². The Hall–Kier alpha value is -1.96. The molecular weight excluding hydrogens is 418 g/mol. The fourth-order valence-corrected chi connectivity index (χ4v) is 4.69. The van der Waals surface area contributed by atoms with E-state index in [9.17, 15) is 9.90 Å². The van der Waals surface area contributed by atoms with Crippen LogP contribution in [0.4, 0.5) is 0 Å². The topological polar surface area (TPSA) is 92.7 Å². The van der Waals surface area contributed by atoms with Gasteiger partial charge in [0.25, 0.3) is 0 Å². The van der Waals surface area contributed by atoms with E-state index in [4.69, 9.17) is 9.47 Å². The molecular formula is C26H41N3O4. The smallest absolute Gasteiger partial charge is 0.246 e. The number of aliphatic hydroxyl groups is 1. The number of amides is 1. The molecule has 7 nitrogen and oxygen atoms in total. The van der Waals surface area contributed by atoms with Crippen LogP contribution in [0.2, 0.25) is 0 Å². The second-order valence-corrected chi connectivity index (χ2v) is 10.7. The van der Waals surface area contributed by atoms with Gasteiger partial charge >= 0.3 is 0 Å². The van der Waals surface area contributed by atoms with Gasteiger partial charge in [-0.05, 0) is 56.1 Å². The lowest BCUT2D eigenvalue weighted by Crippen LogP contribution is -2.52. The molecule has 0 radical (unpaired) electrons. The summed E-state index contributed by atoms with van der Waals surface area (Å²) >= 11 is 0. The Morgan fingerprint density at radius 1 is 1.45 bits per heavy atom. The molecule has 1 aliphatic carbocycles. The van der Waals surface area contributed by atoms with E-state index in [0.717, 1.165) is 31.2 Å². The summed E-state index contributed by atoms with van der Waals surface area (Å²) in [6.45, 7) is 13.1. The third-order valence-electron chi connectivity index (χ3n) is 6.44. The molecule has 1 saturated carbocycles. The molecule has 0 aromatic carbocycles. The summed E-state index contributed by atoms with van der Waals surface area (Å²) in [7, 11) is 0. The number of ether oxygens (including phenoxy) is 2. The van der Waals surface area contributed by atoms with Crippen molar-refractivity contribution in [1.29, 1.82) is 0 Å². The number of pyridine rings is 1. The Labute approximate surface area is 198 Å². The van der Waals surface area contributed by atoms with E-state index in [2.05, 4.69) is 49.0 Å². The molecule has 33 heavy (non-hydrogen) atoms. The van der Waals surface area contributed by atoms with Gasteiger partial charge in [0, 0.05) is 37.4 Å². The molecule has 0 bridgehead atoms. The normalized spacial score (nSPS) is 20.8. The average molecular weight is 460 g/mol. The third kappa shape index (κ3) is 7.01. The number of nitrogens with one attached hydrogen (secondary N) is 2. The number of aliphatic hydroxyl groups excluding tert-OH is 1. The maximum Gasteiger partial charge on any atom is 0.246 e. The molecule has 3 N–H and O–H groups in total. The van der Waals surface area contributed by atoms with Crippen LogP contribution in [0.5, 0.6) is 5.88 Å². The largest absolute Gasteiger partial charge is 0.471 e. The highest BCUT2D eigenvalue weighted by molar-refractivity contribution is 5.77. The molecule has 1 aromatic heterocycles. The van der Waals surface area contributed by atoms with Crippen LogP contribution in [0.25, 0.3) is 0 Å². The highest BCUT2D eigenvalue weighted by Crippen LogP contribution is 2.48. The zero-order chi connectivity index (χ0) is 24.1. The second-order valence-electron chi connectivity index (χ2n) is 10.7. The molecule has 184 valence electrons. The molecule has 1 aliphatic heterocycles. The van der Waals surface area contributed by atoms with Crippen LogP contribution >= 0.6 is 0 Å². The van der Waals surface area contributed by atoms with Crippen molar-refractivity contribution in [2.24, 2.45) is 5.41 Å². The van der Waals surface area contributed by atoms with Crippen LogP contribution in [0.3, 0.4) is 0 Å². The number of hydrogen-bond donors (Lipinski definition) is 3. The molecule has 1 aromatic rings. The Bertz CT molecular complexity index is 816. The summed E-state index contributed by atoms with van der Waals surface area (Å²) in [6.07, 6.45) is 8.38. The number of nitrogens with zero attached hydrogens (tertiary/aromatic N) is 1. The maximum absolute atomic E-state index is 12.1. The van der Waals surface area contributed by atoms with Gasteiger partial charge in [-0.25, -0.2) is 4.98 Å². The number of carbonyl (C=O) groups excluding carboxylic acids is 1. The minimum absolute atomic E-state index is 0.0115. The molecule has 3 rings (SSSR count). The fourth-order valence-electron chi connectivity index (χ4n) is 4.69. The number of hydrogen-bond acceptors (Lipinski definition) is 6. The molecule has 0 unspecified atom stereocenters. The van der Waals surface area contributed by atoms with Crippen molar-refractivity contribution in [3.63, 3.8) is 0 Å². The monoisotopic (exact) mass is 459 g/mol. The third-order valence-corrected chi connectivity index (χ3v) is 6.44. The molecule has 1 amide bonds.